The van der Waals surface area contributed by atoms with Gasteiger partial charge in [0.2, 0.25) is 29.5 Å². The molecule has 0 aliphatic carbocycles. The van der Waals surface area contributed by atoms with Crippen molar-refractivity contribution in [3.8, 4) is 0 Å². The number of aliphatic hydroxyl groups is 1. The van der Waals surface area contributed by atoms with Crippen molar-refractivity contribution in [2.24, 2.45) is 5.73 Å². The van der Waals surface area contributed by atoms with E-state index in [9.17, 15) is 53.1 Å². The Labute approximate surface area is 246 Å². The summed E-state index contributed by atoms with van der Waals surface area (Å²) in [6, 6.07) is -9.38. The fourth-order valence-corrected chi connectivity index (χ4v) is 3.16. The minimum absolute atomic E-state index is 0.870. The summed E-state index contributed by atoms with van der Waals surface area (Å²) in [6.07, 6.45) is -5.81. The van der Waals surface area contributed by atoms with E-state index >= 15 is 0 Å². The first-order chi connectivity index (χ1) is 20.2. The summed E-state index contributed by atoms with van der Waals surface area (Å²) < 4.78 is 0. The maximum Gasteiger partial charge on any atom is 0.326 e. The second kappa shape index (κ2) is 18.2. The molecule has 0 unspecified atom stereocenters. The van der Waals surface area contributed by atoms with Gasteiger partial charge in [-0.25, -0.2) is 4.79 Å². The molecule has 246 valence electrons. The summed E-state index contributed by atoms with van der Waals surface area (Å²) >= 11 is 0. The predicted octanol–water partition coefficient (Wildman–Crippen LogP) is -6.27. The average Bonchev–Trinajstić information content (AvgIpc) is 2.87. The van der Waals surface area contributed by atoms with E-state index in [1.807, 2.05) is 21.3 Å². The number of aliphatic hydroxyl groups excluding tert-OH is 1. The van der Waals surface area contributed by atoms with E-state index in [2.05, 4.69) is 0 Å². The molecule has 0 fully saturated rings. The summed E-state index contributed by atoms with van der Waals surface area (Å²) in [6.45, 7) is -0.0144. The molecule has 0 saturated carbocycles. The fraction of sp³-hybridized carbons (Fsp3) is 0.545. The van der Waals surface area contributed by atoms with Gasteiger partial charge in [0.25, 0.3) is 0 Å². The number of aliphatic carboxylic acids is 5. The molecule has 22 heteroatoms. The molecule has 0 heterocycles. The van der Waals surface area contributed by atoms with Gasteiger partial charge in [-0.1, -0.05) is 0 Å². The van der Waals surface area contributed by atoms with Crippen molar-refractivity contribution in [2.75, 3.05) is 6.54 Å². The van der Waals surface area contributed by atoms with E-state index in [4.69, 9.17) is 31.3 Å². The van der Waals surface area contributed by atoms with Crippen molar-refractivity contribution in [3.05, 3.63) is 0 Å². The van der Waals surface area contributed by atoms with Gasteiger partial charge in [-0.3, -0.25) is 43.2 Å². The van der Waals surface area contributed by atoms with Crippen LogP contribution in [0, 0.1) is 0 Å². The summed E-state index contributed by atoms with van der Waals surface area (Å²) in [4.78, 5) is 117. The van der Waals surface area contributed by atoms with Crippen molar-refractivity contribution in [1.29, 1.82) is 0 Å². The number of amides is 5. The Morgan fingerprint density at radius 3 is 1.41 bits per heavy atom. The Morgan fingerprint density at radius 1 is 0.568 bits per heavy atom. The Kier molecular flexibility index (Phi) is 16.0. The topological polar surface area (TPSA) is 378 Å². The van der Waals surface area contributed by atoms with Crippen LogP contribution in [0.1, 0.15) is 32.6 Å². The number of nitrogens with two attached hydrogens (primary N) is 1. The van der Waals surface area contributed by atoms with Crippen molar-refractivity contribution in [2.45, 2.75) is 68.9 Å². The van der Waals surface area contributed by atoms with E-state index in [0.29, 0.717) is 0 Å². The highest BCUT2D eigenvalue weighted by Gasteiger charge is 2.33. The number of carbonyl (C=O) groups is 10. The Bertz CT molecular complexity index is 1160. The molecule has 0 rings (SSSR count). The Morgan fingerprint density at radius 2 is 0.977 bits per heavy atom. The van der Waals surface area contributed by atoms with Gasteiger partial charge in [0.15, 0.2) is 0 Å². The van der Waals surface area contributed by atoms with Crippen LogP contribution in [0.3, 0.4) is 0 Å². The summed E-state index contributed by atoms with van der Waals surface area (Å²) in [7, 11) is 0. The fourth-order valence-electron chi connectivity index (χ4n) is 3.16. The highest BCUT2D eigenvalue weighted by atomic mass is 16.4. The lowest BCUT2D eigenvalue weighted by Gasteiger charge is -2.25. The van der Waals surface area contributed by atoms with Gasteiger partial charge in [-0.15, -0.1) is 0 Å². The average molecular weight is 637 g/mol. The number of carboxylic acids is 5. The number of hydrogen-bond acceptors (Lipinski definition) is 12. The standard InChI is InChI=1S/C22H32N6O16/c1-7(29)17(28-20(41)10(4-15(35)36)26-18(39)8(23)2-13(31)32)21(42)24-6-12(30)25-9(3-14(33)34)19(40)27-11(22(43)44)5-16(37)38/h7-11,17,29H,2-6,23H2,1H3,(H,24,42)(H,25,30)(H,26,39)(H,27,40)(H,28,41)(H,31,32)(H,33,34)(H,35,36)(H,37,38)(H,43,44)/t7-,8+,9+,10+,11+,17+/m1/s1. The molecular weight excluding hydrogens is 604 g/mol. The van der Waals surface area contributed by atoms with Gasteiger partial charge in [-0.2, -0.15) is 0 Å². The van der Waals surface area contributed by atoms with Crippen molar-refractivity contribution >= 4 is 59.4 Å². The van der Waals surface area contributed by atoms with Crippen LogP contribution in [0.25, 0.3) is 0 Å². The molecule has 44 heavy (non-hydrogen) atoms. The van der Waals surface area contributed by atoms with E-state index in [0.717, 1.165) is 6.92 Å². The molecule has 0 aliphatic heterocycles. The van der Waals surface area contributed by atoms with Crippen LogP contribution in [0.15, 0.2) is 0 Å². The largest absolute Gasteiger partial charge is 0.481 e. The van der Waals surface area contributed by atoms with E-state index in [-0.39, 0.29) is 0 Å². The summed E-state index contributed by atoms with van der Waals surface area (Å²) in [5.74, 6) is -14.5. The molecule has 0 spiro atoms. The first-order valence-corrected chi connectivity index (χ1v) is 12.3. The molecule has 0 aliphatic rings. The maximum absolute atomic E-state index is 12.6. The van der Waals surface area contributed by atoms with Crippen molar-refractivity contribution < 1.29 is 78.6 Å². The van der Waals surface area contributed by atoms with Crippen LogP contribution in [-0.2, 0) is 47.9 Å². The van der Waals surface area contributed by atoms with Crippen LogP contribution in [0.4, 0.5) is 0 Å². The molecule has 22 nitrogen and oxygen atoms in total. The predicted molar refractivity (Wildman–Crippen MR) is 137 cm³/mol. The zero-order chi connectivity index (χ0) is 34.3. The molecule has 0 aromatic heterocycles. The number of carbonyl (C=O) groups excluding carboxylic acids is 5. The normalized spacial score (nSPS) is 14.6. The highest BCUT2D eigenvalue weighted by Crippen LogP contribution is 2.02. The summed E-state index contributed by atoms with van der Waals surface area (Å²) in [5, 5.41) is 64.0. The van der Waals surface area contributed by atoms with E-state index in [1.165, 1.54) is 0 Å². The molecule has 0 bridgehead atoms. The molecule has 0 radical (unpaired) electrons. The highest BCUT2D eigenvalue weighted by molar-refractivity contribution is 5.97. The zero-order valence-electron chi connectivity index (χ0n) is 22.8. The molecular formula is C22H32N6O16. The van der Waals surface area contributed by atoms with Crippen molar-refractivity contribution in [1.82, 2.24) is 26.6 Å². The lowest BCUT2D eigenvalue weighted by atomic mass is 10.1. The smallest absolute Gasteiger partial charge is 0.326 e. The first kappa shape index (κ1) is 38.6. The van der Waals surface area contributed by atoms with Crippen molar-refractivity contribution in [3.63, 3.8) is 0 Å². The van der Waals surface area contributed by atoms with Gasteiger partial charge in [-0.05, 0) is 6.92 Å². The molecule has 13 N–H and O–H groups in total. The molecule has 5 amide bonds. The maximum atomic E-state index is 12.6. The Hall–Kier alpha value is -5.38. The third kappa shape index (κ3) is 15.0. The molecule has 6 atom stereocenters. The molecule has 0 saturated heterocycles. The summed E-state index contributed by atoms with van der Waals surface area (Å²) in [5.41, 5.74) is 5.38. The minimum atomic E-state index is -1.98. The van der Waals surface area contributed by atoms with Crippen LogP contribution >= 0.6 is 0 Å². The molecule has 0 aromatic rings. The third-order valence-corrected chi connectivity index (χ3v) is 5.25. The Balaban J connectivity index is 5.51. The van der Waals surface area contributed by atoms with Gasteiger partial charge in [0.05, 0.1) is 44.4 Å². The van der Waals surface area contributed by atoms with Crippen LogP contribution in [-0.4, -0.2) is 133 Å². The lowest BCUT2D eigenvalue weighted by Crippen LogP contribution is -2.59. The third-order valence-electron chi connectivity index (χ3n) is 5.25. The number of nitrogens with one attached hydrogen (secondary N) is 5. The number of rotatable bonds is 20. The first-order valence-electron chi connectivity index (χ1n) is 12.3. The van der Waals surface area contributed by atoms with Gasteiger partial charge >= 0.3 is 29.8 Å². The van der Waals surface area contributed by atoms with Gasteiger partial charge < -0.3 is 63.0 Å². The SMILES string of the molecule is C[C@@H](O)[C@H](NC(=O)[C@H](CC(=O)O)NC(=O)[C@@H](N)CC(=O)O)C(=O)NCC(=O)N[C@@H](CC(=O)O)C(=O)N[C@@H](CC(=O)O)C(=O)O. The second-order valence-electron chi connectivity index (χ2n) is 9.02. The van der Waals surface area contributed by atoms with Crippen LogP contribution in [0.2, 0.25) is 0 Å². The van der Waals surface area contributed by atoms with E-state index in [1.54, 1.807) is 5.32 Å². The zero-order valence-corrected chi connectivity index (χ0v) is 22.8. The van der Waals surface area contributed by atoms with Crippen LogP contribution < -0.4 is 32.3 Å². The van der Waals surface area contributed by atoms with Gasteiger partial charge in [0.1, 0.15) is 24.2 Å². The lowest BCUT2D eigenvalue weighted by molar-refractivity contribution is -0.148. The van der Waals surface area contributed by atoms with E-state index < -0.39 is 128 Å². The minimum Gasteiger partial charge on any atom is -0.481 e. The number of hydrogen-bond donors (Lipinski definition) is 12. The quantitative estimate of drug-likeness (QED) is 0.0591. The second-order valence-corrected chi connectivity index (χ2v) is 9.02. The number of carboxylic acid groups (broad SMARTS) is 5. The van der Waals surface area contributed by atoms with Gasteiger partial charge in [0, 0.05) is 0 Å². The monoisotopic (exact) mass is 636 g/mol. The van der Waals surface area contributed by atoms with Crippen LogP contribution in [0.5, 0.6) is 0 Å². The molecule has 0 aromatic carbocycles.